The number of hydrogen-bond donors (Lipinski definition) is 1. The molecule has 0 unspecified atom stereocenters. The second kappa shape index (κ2) is 6.70. The van der Waals surface area contributed by atoms with Crippen LogP contribution in [0.2, 0.25) is 0 Å². The van der Waals surface area contributed by atoms with E-state index in [1.54, 1.807) is 42.5 Å². The molecule has 1 N–H and O–H groups in total. The summed E-state index contributed by atoms with van der Waals surface area (Å²) in [5, 5.41) is 2.78. The first-order chi connectivity index (χ1) is 10.1. The molecule has 21 heavy (non-hydrogen) atoms. The van der Waals surface area contributed by atoms with Crippen molar-refractivity contribution in [2.45, 2.75) is 20.0 Å². The van der Waals surface area contributed by atoms with Crippen molar-refractivity contribution in [2.24, 2.45) is 0 Å². The van der Waals surface area contributed by atoms with E-state index < -0.39 is 0 Å². The summed E-state index contributed by atoms with van der Waals surface area (Å²) < 4.78 is 5.57. The van der Waals surface area contributed by atoms with E-state index in [4.69, 9.17) is 4.74 Å². The summed E-state index contributed by atoms with van der Waals surface area (Å²) in [5.74, 6) is 0.442. The second-order valence-corrected chi connectivity index (χ2v) is 4.89. The topological polar surface area (TPSA) is 55.4 Å². The highest BCUT2D eigenvalue weighted by Gasteiger charge is 2.08. The van der Waals surface area contributed by atoms with Gasteiger partial charge in [-0.15, -0.1) is 0 Å². The largest absolute Gasteiger partial charge is 0.491 e. The quantitative estimate of drug-likeness (QED) is 0.854. The lowest BCUT2D eigenvalue weighted by Crippen LogP contribution is -2.12. The summed E-state index contributed by atoms with van der Waals surface area (Å²) in [6, 6.07) is 13.7. The third kappa shape index (κ3) is 4.18. The van der Waals surface area contributed by atoms with Crippen molar-refractivity contribution in [1.82, 2.24) is 0 Å². The number of nitrogens with one attached hydrogen (secondary N) is 1. The molecular formula is C17H17NO3. The fourth-order valence-electron chi connectivity index (χ4n) is 1.83. The van der Waals surface area contributed by atoms with Gasteiger partial charge in [-0.2, -0.15) is 0 Å². The molecule has 0 spiro atoms. The minimum Gasteiger partial charge on any atom is -0.491 e. The lowest BCUT2D eigenvalue weighted by atomic mass is 10.2. The minimum atomic E-state index is -0.219. The SMILES string of the molecule is CC(C)Oc1cccc(C(=O)Nc2ccc(C=O)cc2)c1. The Kier molecular flexibility index (Phi) is 4.72. The van der Waals surface area contributed by atoms with Crippen molar-refractivity contribution < 1.29 is 14.3 Å². The van der Waals surface area contributed by atoms with Crippen molar-refractivity contribution in [3.05, 3.63) is 59.7 Å². The normalized spacial score (nSPS) is 10.2. The van der Waals surface area contributed by atoms with Gasteiger partial charge in [-0.05, 0) is 56.3 Å². The van der Waals surface area contributed by atoms with Crippen LogP contribution < -0.4 is 10.1 Å². The number of ether oxygens (including phenoxy) is 1. The zero-order chi connectivity index (χ0) is 15.2. The number of anilines is 1. The Balaban J connectivity index is 2.10. The number of carbonyl (C=O) groups excluding carboxylic acids is 2. The Bertz CT molecular complexity index is 633. The number of amides is 1. The number of hydrogen-bond acceptors (Lipinski definition) is 3. The number of benzene rings is 2. The summed E-state index contributed by atoms with van der Waals surface area (Å²) >= 11 is 0. The average molecular weight is 283 g/mol. The summed E-state index contributed by atoms with van der Waals surface area (Å²) in [6.07, 6.45) is 0.817. The van der Waals surface area contributed by atoms with Crippen LogP contribution >= 0.6 is 0 Å². The van der Waals surface area contributed by atoms with Gasteiger partial charge in [0.15, 0.2) is 0 Å². The molecule has 0 bridgehead atoms. The van der Waals surface area contributed by atoms with Gasteiger partial charge in [0.25, 0.3) is 5.91 Å². The van der Waals surface area contributed by atoms with E-state index in [0.717, 1.165) is 6.29 Å². The van der Waals surface area contributed by atoms with E-state index >= 15 is 0 Å². The predicted molar refractivity (Wildman–Crippen MR) is 82.0 cm³/mol. The van der Waals surface area contributed by atoms with Gasteiger partial charge in [0.1, 0.15) is 12.0 Å². The van der Waals surface area contributed by atoms with Crippen LogP contribution in [0, 0.1) is 0 Å². The molecule has 0 heterocycles. The summed E-state index contributed by atoms with van der Waals surface area (Å²) in [4.78, 5) is 22.8. The number of aldehydes is 1. The lowest BCUT2D eigenvalue weighted by molar-refractivity contribution is 0.102. The van der Waals surface area contributed by atoms with Crippen molar-refractivity contribution in [1.29, 1.82) is 0 Å². The molecule has 0 atom stereocenters. The van der Waals surface area contributed by atoms with Crippen LogP contribution in [0.5, 0.6) is 5.75 Å². The van der Waals surface area contributed by atoms with E-state index in [2.05, 4.69) is 5.32 Å². The summed E-state index contributed by atoms with van der Waals surface area (Å²) in [5.41, 5.74) is 1.73. The number of rotatable bonds is 5. The van der Waals surface area contributed by atoms with Crippen LogP contribution in [0.3, 0.4) is 0 Å². The molecule has 0 aromatic heterocycles. The van der Waals surface area contributed by atoms with Crippen molar-refractivity contribution in [3.63, 3.8) is 0 Å². The first kappa shape index (κ1) is 14.8. The van der Waals surface area contributed by atoms with Gasteiger partial charge in [-0.25, -0.2) is 0 Å². The van der Waals surface area contributed by atoms with Gasteiger partial charge in [0.05, 0.1) is 6.10 Å². The Morgan fingerprint density at radius 3 is 2.48 bits per heavy atom. The molecule has 0 fully saturated rings. The molecule has 0 saturated carbocycles. The maximum absolute atomic E-state index is 12.2. The van der Waals surface area contributed by atoms with E-state index in [9.17, 15) is 9.59 Å². The van der Waals surface area contributed by atoms with Crippen LogP contribution in [-0.2, 0) is 0 Å². The van der Waals surface area contributed by atoms with Crippen LogP contribution in [0.15, 0.2) is 48.5 Å². The molecule has 2 aromatic carbocycles. The first-order valence-electron chi connectivity index (χ1n) is 6.72. The Morgan fingerprint density at radius 1 is 1.14 bits per heavy atom. The first-order valence-corrected chi connectivity index (χ1v) is 6.72. The van der Waals surface area contributed by atoms with Crippen molar-refractivity contribution in [3.8, 4) is 5.75 Å². The van der Waals surface area contributed by atoms with E-state index in [-0.39, 0.29) is 12.0 Å². The fourth-order valence-corrected chi connectivity index (χ4v) is 1.83. The molecule has 0 aliphatic carbocycles. The van der Waals surface area contributed by atoms with Crippen LogP contribution in [0.25, 0.3) is 0 Å². The molecule has 4 nitrogen and oxygen atoms in total. The molecule has 0 saturated heterocycles. The van der Waals surface area contributed by atoms with E-state index in [1.165, 1.54) is 0 Å². The maximum atomic E-state index is 12.2. The van der Waals surface area contributed by atoms with Crippen molar-refractivity contribution in [2.75, 3.05) is 5.32 Å². The molecule has 4 heteroatoms. The summed E-state index contributed by atoms with van der Waals surface area (Å²) in [6.45, 7) is 3.86. The van der Waals surface area contributed by atoms with Gasteiger partial charge in [0.2, 0.25) is 0 Å². The Labute approximate surface area is 123 Å². The Hall–Kier alpha value is -2.62. The standard InChI is InChI=1S/C17H17NO3/c1-12(2)21-16-5-3-4-14(10-16)17(20)18-15-8-6-13(11-19)7-9-15/h3-12H,1-2H3,(H,18,20). The second-order valence-electron chi connectivity index (χ2n) is 4.89. The molecule has 2 rings (SSSR count). The summed E-state index contributed by atoms with van der Waals surface area (Å²) in [7, 11) is 0. The molecule has 2 aromatic rings. The van der Waals surface area contributed by atoms with Crippen LogP contribution in [-0.4, -0.2) is 18.3 Å². The molecule has 1 amide bonds. The zero-order valence-corrected chi connectivity index (χ0v) is 12.0. The molecule has 108 valence electrons. The van der Waals surface area contributed by atoms with Crippen molar-refractivity contribution >= 4 is 17.9 Å². The van der Waals surface area contributed by atoms with E-state index in [0.29, 0.717) is 22.6 Å². The van der Waals surface area contributed by atoms with Gasteiger partial charge < -0.3 is 10.1 Å². The molecule has 0 radical (unpaired) electrons. The van der Waals surface area contributed by atoms with Crippen LogP contribution in [0.4, 0.5) is 5.69 Å². The van der Waals surface area contributed by atoms with Gasteiger partial charge in [-0.1, -0.05) is 6.07 Å². The fraction of sp³-hybridized carbons (Fsp3) is 0.176. The highest BCUT2D eigenvalue weighted by Crippen LogP contribution is 2.16. The minimum absolute atomic E-state index is 0.0548. The van der Waals surface area contributed by atoms with Gasteiger partial charge in [-0.3, -0.25) is 9.59 Å². The lowest BCUT2D eigenvalue weighted by Gasteiger charge is -2.11. The maximum Gasteiger partial charge on any atom is 0.255 e. The monoisotopic (exact) mass is 283 g/mol. The smallest absolute Gasteiger partial charge is 0.255 e. The molecular weight excluding hydrogens is 266 g/mol. The highest BCUT2D eigenvalue weighted by atomic mass is 16.5. The van der Waals surface area contributed by atoms with Gasteiger partial charge >= 0.3 is 0 Å². The zero-order valence-electron chi connectivity index (χ0n) is 12.0. The van der Waals surface area contributed by atoms with Crippen LogP contribution in [0.1, 0.15) is 34.6 Å². The third-order valence-corrected chi connectivity index (χ3v) is 2.77. The van der Waals surface area contributed by atoms with Gasteiger partial charge in [0, 0.05) is 16.8 Å². The Morgan fingerprint density at radius 2 is 1.86 bits per heavy atom. The highest BCUT2D eigenvalue weighted by molar-refractivity contribution is 6.04. The predicted octanol–water partition coefficient (Wildman–Crippen LogP) is 3.54. The third-order valence-electron chi connectivity index (χ3n) is 2.77. The molecule has 0 aliphatic heterocycles. The molecule has 0 aliphatic rings. The average Bonchev–Trinajstić information content (AvgIpc) is 2.47. The van der Waals surface area contributed by atoms with E-state index in [1.807, 2.05) is 19.9 Å². The number of carbonyl (C=O) groups is 2.